The number of aromatic amines is 1. The van der Waals surface area contributed by atoms with Gasteiger partial charge in [0.25, 0.3) is 5.91 Å². The summed E-state index contributed by atoms with van der Waals surface area (Å²) < 4.78 is 10.7. The van der Waals surface area contributed by atoms with E-state index in [1.165, 1.54) is 0 Å². The number of aliphatic hydroxyl groups excluding tert-OH is 1. The van der Waals surface area contributed by atoms with Crippen LogP contribution in [-0.2, 0) is 0 Å². The molecule has 0 unspecified atom stereocenters. The second-order valence-corrected chi connectivity index (χ2v) is 7.05. The first-order valence-electron chi connectivity index (χ1n) is 9.14. The van der Waals surface area contributed by atoms with Crippen LogP contribution in [0.25, 0.3) is 11.5 Å². The predicted octanol–water partition coefficient (Wildman–Crippen LogP) is 2.62. The summed E-state index contributed by atoms with van der Waals surface area (Å²) in [6.45, 7) is 1.86. The first-order chi connectivity index (χ1) is 13.5. The van der Waals surface area contributed by atoms with Gasteiger partial charge in [-0.2, -0.15) is 5.10 Å². The highest BCUT2D eigenvalue weighted by molar-refractivity contribution is 5.93. The summed E-state index contributed by atoms with van der Waals surface area (Å²) in [5, 5.41) is 19.7. The number of aromatic nitrogens is 3. The van der Waals surface area contributed by atoms with Crippen molar-refractivity contribution in [3.63, 3.8) is 0 Å². The van der Waals surface area contributed by atoms with E-state index in [9.17, 15) is 9.90 Å². The summed E-state index contributed by atoms with van der Waals surface area (Å²) in [7, 11) is 1.55. The average Bonchev–Trinajstić information content (AvgIpc) is 3.33. The van der Waals surface area contributed by atoms with Gasteiger partial charge < -0.3 is 19.6 Å². The van der Waals surface area contributed by atoms with E-state index in [0.717, 1.165) is 11.3 Å². The first-order valence-corrected chi connectivity index (χ1v) is 9.14. The Morgan fingerprint density at radius 1 is 1.36 bits per heavy atom. The van der Waals surface area contributed by atoms with Gasteiger partial charge in [-0.15, -0.1) is 0 Å². The number of carbonyl (C=O) groups is 1. The van der Waals surface area contributed by atoms with Gasteiger partial charge in [-0.3, -0.25) is 9.89 Å². The molecule has 1 aliphatic rings. The van der Waals surface area contributed by atoms with Crippen LogP contribution in [0.15, 0.2) is 40.9 Å². The summed E-state index contributed by atoms with van der Waals surface area (Å²) in [6, 6.07) is 8.71. The van der Waals surface area contributed by atoms with Gasteiger partial charge >= 0.3 is 0 Å². The number of H-pyrrole nitrogens is 1. The van der Waals surface area contributed by atoms with Gasteiger partial charge in [0, 0.05) is 18.3 Å². The second-order valence-electron chi connectivity index (χ2n) is 7.05. The minimum Gasteiger partial charge on any atom is -0.481 e. The topological polar surface area (TPSA) is 113 Å². The van der Waals surface area contributed by atoms with Gasteiger partial charge in [0.1, 0.15) is 11.5 Å². The number of aryl methyl sites for hydroxylation is 1. The number of aliphatic hydroxyl groups is 1. The highest BCUT2D eigenvalue weighted by atomic mass is 16.5. The van der Waals surface area contributed by atoms with Crippen LogP contribution < -0.4 is 10.1 Å². The maximum Gasteiger partial charge on any atom is 0.272 e. The number of nitrogens with one attached hydrogen (secondary N) is 2. The highest BCUT2D eigenvalue weighted by Crippen LogP contribution is 2.38. The van der Waals surface area contributed by atoms with Crippen molar-refractivity contribution < 1.29 is 19.1 Å². The number of rotatable bonds is 6. The summed E-state index contributed by atoms with van der Waals surface area (Å²) in [4.78, 5) is 17.0. The normalized spacial score (nSPS) is 19.7. The fraction of sp³-hybridized carbons (Fsp3) is 0.350. The molecule has 3 aromatic rings. The predicted molar refractivity (Wildman–Crippen MR) is 101 cm³/mol. The zero-order chi connectivity index (χ0) is 19.7. The third-order valence-electron chi connectivity index (χ3n) is 5.05. The first kappa shape index (κ1) is 18.2. The Bertz CT molecular complexity index is 957. The molecule has 3 aromatic heterocycles. The SMILES string of the molecule is COc1ccc([C@H](NC(=O)c2cc(-c3ccc(C)o3)[nH]n2)C2CC(O)C2)cn1. The molecule has 28 heavy (non-hydrogen) atoms. The van der Waals surface area contributed by atoms with E-state index in [-0.39, 0.29) is 29.7 Å². The smallest absolute Gasteiger partial charge is 0.272 e. The van der Waals surface area contributed by atoms with Gasteiger partial charge in [0.15, 0.2) is 11.5 Å². The van der Waals surface area contributed by atoms with Crippen LogP contribution in [0.3, 0.4) is 0 Å². The van der Waals surface area contributed by atoms with Gasteiger partial charge in [0.2, 0.25) is 5.88 Å². The molecule has 0 aliphatic heterocycles. The fourth-order valence-corrected chi connectivity index (χ4v) is 3.43. The van der Waals surface area contributed by atoms with Crippen LogP contribution >= 0.6 is 0 Å². The van der Waals surface area contributed by atoms with Crippen LogP contribution in [0.5, 0.6) is 5.88 Å². The Morgan fingerprint density at radius 3 is 2.79 bits per heavy atom. The molecule has 4 rings (SSSR count). The summed E-state index contributed by atoms with van der Waals surface area (Å²) in [5.74, 6) is 1.76. The number of hydrogen-bond acceptors (Lipinski definition) is 6. The molecule has 3 N–H and O–H groups in total. The third-order valence-corrected chi connectivity index (χ3v) is 5.05. The van der Waals surface area contributed by atoms with Crippen molar-refractivity contribution in [1.82, 2.24) is 20.5 Å². The lowest BCUT2D eigenvalue weighted by atomic mass is 9.75. The number of amides is 1. The molecule has 0 radical (unpaired) electrons. The van der Waals surface area contributed by atoms with Crippen molar-refractivity contribution in [2.45, 2.75) is 31.9 Å². The molecule has 1 saturated carbocycles. The molecule has 1 fully saturated rings. The molecule has 0 bridgehead atoms. The Morgan fingerprint density at radius 2 is 2.18 bits per heavy atom. The Balaban J connectivity index is 1.52. The van der Waals surface area contributed by atoms with Crippen molar-refractivity contribution in [1.29, 1.82) is 0 Å². The number of hydrogen-bond donors (Lipinski definition) is 3. The van der Waals surface area contributed by atoms with Gasteiger partial charge in [0.05, 0.1) is 19.3 Å². The minimum atomic E-state index is -0.324. The van der Waals surface area contributed by atoms with E-state index < -0.39 is 0 Å². The standard InChI is InChI=1S/C20H22N4O4/c1-11-3-5-17(28-11)15-9-16(24-23-15)20(26)22-19(13-7-14(25)8-13)12-4-6-18(27-2)21-10-12/h3-6,9-10,13-14,19,25H,7-8H2,1-2H3,(H,22,26)(H,23,24)/t13?,14?,19-/m0/s1. The van der Waals surface area contributed by atoms with E-state index in [4.69, 9.17) is 9.15 Å². The average molecular weight is 382 g/mol. The highest BCUT2D eigenvalue weighted by Gasteiger charge is 2.36. The van der Waals surface area contributed by atoms with Crippen LogP contribution in [0.1, 0.15) is 40.7 Å². The molecule has 0 aromatic carbocycles. The third kappa shape index (κ3) is 3.63. The molecular weight excluding hydrogens is 360 g/mol. The Hall–Kier alpha value is -3.13. The van der Waals surface area contributed by atoms with Crippen molar-refractivity contribution in [2.24, 2.45) is 5.92 Å². The molecule has 0 spiro atoms. The lowest BCUT2D eigenvalue weighted by molar-refractivity contribution is 0.0234. The summed E-state index contributed by atoms with van der Waals surface area (Å²) >= 11 is 0. The van der Waals surface area contributed by atoms with Crippen molar-refractivity contribution in [3.05, 3.63) is 53.5 Å². The number of pyridine rings is 1. The largest absolute Gasteiger partial charge is 0.481 e. The Kier molecular flexibility index (Phi) is 4.87. The van der Waals surface area contributed by atoms with Crippen molar-refractivity contribution in [2.75, 3.05) is 7.11 Å². The quantitative estimate of drug-likeness (QED) is 0.604. The van der Waals surface area contributed by atoms with Gasteiger partial charge in [-0.05, 0) is 43.4 Å². The fourth-order valence-electron chi connectivity index (χ4n) is 3.43. The number of carbonyl (C=O) groups excluding carboxylic acids is 1. The number of furan rings is 1. The van der Waals surface area contributed by atoms with Crippen LogP contribution in [0.4, 0.5) is 0 Å². The Labute approximate surface area is 161 Å². The molecule has 1 amide bonds. The maximum absolute atomic E-state index is 12.8. The summed E-state index contributed by atoms with van der Waals surface area (Å²) in [6.07, 6.45) is 2.63. The number of methoxy groups -OCH3 is 1. The van der Waals surface area contributed by atoms with Gasteiger partial charge in [-0.25, -0.2) is 4.98 Å². The van der Waals surface area contributed by atoms with Crippen molar-refractivity contribution >= 4 is 5.91 Å². The molecule has 3 heterocycles. The van der Waals surface area contributed by atoms with E-state index in [0.29, 0.717) is 30.2 Å². The summed E-state index contributed by atoms with van der Waals surface area (Å²) in [5.41, 5.74) is 1.78. The van der Waals surface area contributed by atoms with Gasteiger partial charge in [-0.1, -0.05) is 6.07 Å². The second kappa shape index (κ2) is 7.47. The lowest BCUT2D eigenvalue weighted by Gasteiger charge is -2.38. The molecule has 1 aliphatic carbocycles. The lowest BCUT2D eigenvalue weighted by Crippen LogP contribution is -2.41. The van der Waals surface area contributed by atoms with Crippen LogP contribution in [0.2, 0.25) is 0 Å². The zero-order valence-electron chi connectivity index (χ0n) is 15.7. The molecule has 0 saturated heterocycles. The molecule has 1 atom stereocenters. The number of nitrogens with zero attached hydrogens (tertiary/aromatic N) is 2. The zero-order valence-corrected chi connectivity index (χ0v) is 15.7. The van der Waals surface area contributed by atoms with E-state index in [2.05, 4.69) is 20.5 Å². The van der Waals surface area contributed by atoms with E-state index in [1.54, 1.807) is 25.4 Å². The van der Waals surface area contributed by atoms with Crippen LogP contribution in [0, 0.1) is 12.8 Å². The maximum atomic E-state index is 12.8. The van der Waals surface area contributed by atoms with E-state index in [1.807, 2.05) is 25.1 Å². The van der Waals surface area contributed by atoms with Crippen LogP contribution in [-0.4, -0.2) is 39.4 Å². The molecule has 146 valence electrons. The molecule has 8 heteroatoms. The molecular formula is C20H22N4O4. The monoisotopic (exact) mass is 382 g/mol. The van der Waals surface area contributed by atoms with Crippen molar-refractivity contribution in [3.8, 4) is 17.3 Å². The molecule has 8 nitrogen and oxygen atoms in total. The minimum absolute atomic E-state index is 0.139. The van der Waals surface area contributed by atoms with E-state index >= 15 is 0 Å². The number of ether oxygens (including phenoxy) is 1.